The minimum atomic E-state index is -2.40. The molecule has 3 nitrogen and oxygen atoms in total. The highest BCUT2D eigenvalue weighted by atomic mass is 28.4. The molecular formula is C40H52O3Si2. The average Bonchev–Trinajstić information content (AvgIpc) is 3.76. The van der Waals surface area contributed by atoms with Crippen molar-refractivity contribution in [1.29, 1.82) is 0 Å². The van der Waals surface area contributed by atoms with Crippen LogP contribution < -0.4 is 20.7 Å². The molecule has 1 atom stereocenters. The highest BCUT2D eigenvalue weighted by Crippen LogP contribution is 2.39. The molecule has 0 saturated carbocycles. The summed E-state index contributed by atoms with van der Waals surface area (Å²) in [5.74, 6) is 0. The van der Waals surface area contributed by atoms with Crippen molar-refractivity contribution in [1.82, 2.24) is 0 Å². The van der Waals surface area contributed by atoms with Crippen LogP contribution in [-0.4, -0.2) is 42.1 Å². The van der Waals surface area contributed by atoms with Crippen molar-refractivity contribution < 1.29 is 13.6 Å². The Kier molecular flexibility index (Phi) is 10.9. The summed E-state index contributed by atoms with van der Waals surface area (Å²) in [7, 11) is -4.77. The Labute approximate surface area is 274 Å². The second-order valence-corrected chi connectivity index (χ2v) is 23.2. The minimum absolute atomic E-state index is 0.0287. The second-order valence-electron chi connectivity index (χ2n) is 14.6. The molecule has 0 aliphatic carbocycles. The molecule has 1 heterocycles. The van der Waals surface area contributed by atoms with Gasteiger partial charge in [-0.25, -0.2) is 0 Å². The smallest absolute Gasteiger partial charge is 0.261 e. The molecule has 4 aromatic carbocycles. The van der Waals surface area contributed by atoms with Gasteiger partial charge in [-0.05, 0) is 44.7 Å². The van der Waals surface area contributed by atoms with Crippen LogP contribution in [0.2, 0.25) is 10.1 Å². The molecule has 0 bridgehead atoms. The quantitative estimate of drug-likeness (QED) is 0.103. The third-order valence-electron chi connectivity index (χ3n) is 8.60. The maximum absolute atomic E-state index is 6.81. The van der Waals surface area contributed by atoms with Gasteiger partial charge in [-0.1, -0.05) is 175 Å². The second kappa shape index (κ2) is 14.1. The van der Waals surface area contributed by atoms with Crippen LogP contribution in [0.25, 0.3) is 0 Å². The summed E-state index contributed by atoms with van der Waals surface area (Å²) >= 11 is 0. The molecule has 5 heteroatoms. The van der Waals surface area contributed by atoms with Gasteiger partial charge in [-0.2, -0.15) is 0 Å². The Morgan fingerprint density at radius 3 is 1.16 bits per heavy atom. The van der Waals surface area contributed by atoms with Crippen LogP contribution >= 0.6 is 0 Å². The molecule has 4 aromatic rings. The fourth-order valence-electron chi connectivity index (χ4n) is 6.22. The average molecular weight is 637 g/mol. The van der Waals surface area contributed by atoms with Crippen molar-refractivity contribution in [2.24, 2.45) is 0 Å². The van der Waals surface area contributed by atoms with Crippen molar-refractivity contribution in [3.8, 4) is 0 Å². The van der Waals surface area contributed by atoms with E-state index in [-0.39, 0.29) is 15.7 Å². The Morgan fingerprint density at radius 2 is 0.911 bits per heavy atom. The highest BCUT2D eigenvalue weighted by molar-refractivity contribution is 7.00. The van der Waals surface area contributed by atoms with Crippen LogP contribution in [0.1, 0.15) is 55.4 Å². The van der Waals surface area contributed by atoms with Gasteiger partial charge in [0.1, 0.15) is 5.60 Å². The Hall–Kier alpha value is -3.07. The summed E-state index contributed by atoms with van der Waals surface area (Å²) in [6.07, 6.45) is 0. The van der Waals surface area contributed by atoms with E-state index in [1.807, 2.05) is 6.92 Å². The van der Waals surface area contributed by atoms with E-state index >= 15 is 0 Å². The van der Waals surface area contributed by atoms with E-state index in [4.69, 9.17) is 13.6 Å². The number of hydrogen-bond donors (Lipinski definition) is 0. The van der Waals surface area contributed by atoms with E-state index in [0.717, 1.165) is 12.2 Å². The first-order valence-corrected chi connectivity index (χ1v) is 19.9. The molecule has 1 saturated heterocycles. The first-order valence-electron chi connectivity index (χ1n) is 16.0. The van der Waals surface area contributed by atoms with Crippen molar-refractivity contribution in [3.63, 3.8) is 0 Å². The molecule has 1 fully saturated rings. The zero-order chi connectivity index (χ0) is 32.8. The molecule has 0 N–H and O–H groups in total. The Bertz CT molecular complexity index is 1410. The molecule has 1 unspecified atom stereocenters. The van der Waals surface area contributed by atoms with Gasteiger partial charge < -0.3 is 13.6 Å². The standard InChI is InChI=1S/C20H26O2Si.C20H26OSi/c1-19(2,3)23(17-11-7-5-8-12-17,18-13-9-6-10-14-18)22-16-20(4)15-21-20;1-17(2)16-21-22(20(3,4)5,18-12-8-6-9-13-18)19-14-10-7-11-15-19/h5-14H,15-16H2,1-4H3;6-15H,1,16H2,2-5H3. The maximum Gasteiger partial charge on any atom is 0.261 e. The van der Waals surface area contributed by atoms with E-state index in [9.17, 15) is 0 Å². The van der Waals surface area contributed by atoms with Gasteiger partial charge in [-0.3, -0.25) is 0 Å². The van der Waals surface area contributed by atoms with Crippen molar-refractivity contribution in [2.75, 3.05) is 19.8 Å². The molecule has 45 heavy (non-hydrogen) atoms. The van der Waals surface area contributed by atoms with Crippen molar-refractivity contribution in [3.05, 3.63) is 133 Å². The summed E-state index contributed by atoms with van der Waals surface area (Å²) in [5.41, 5.74) is 0.959. The van der Waals surface area contributed by atoms with E-state index < -0.39 is 16.6 Å². The van der Waals surface area contributed by atoms with E-state index in [2.05, 4.69) is 176 Å². The van der Waals surface area contributed by atoms with Crippen molar-refractivity contribution >= 4 is 37.4 Å². The fourth-order valence-corrected chi connectivity index (χ4v) is 15.5. The number of benzene rings is 4. The number of rotatable bonds is 10. The molecule has 0 radical (unpaired) electrons. The summed E-state index contributed by atoms with van der Waals surface area (Å²) < 4.78 is 19.0. The first-order chi connectivity index (χ1) is 21.3. The van der Waals surface area contributed by atoms with E-state index in [1.165, 1.54) is 20.7 Å². The van der Waals surface area contributed by atoms with Crippen LogP contribution in [0.4, 0.5) is 0 Å². The van der Waals surface area contributed by atoms with E-state index in [0.29, 0.717) is 13.2 Å². The van der Waals surface area contributed by atoms with Gasteiger partial charge in [0, 0.05) is 0 Å². The normalized spacial score (nSPS) is 16.8. The summed E-state index contributed by atoms with van der Waals surface area (Å²) in [5, 5.41) is 5.34. The lowest BCUT2D eigenvalue weighted by Gasteiger charge is -2.43. The van der Waals surface area contributed by atoms with Crippen LogP contribution in [0, 0.1) is 0 Å². The lowest BCUT2D eigenvalue weighted by molar-refractivity contribution is 0.193. The third-order valence-corrected chi connectivity index (χ3v) is 18.6. The molecule has 1 aliphatic rings. The van der Waals surface area contributed by atoms with Crippen LogP contribution in [0.3, 0.4) is 0 Å². The van der Waals surface area contributed by atoms with Gasteiger partial charge in [0.05, 0.1) is 19.8 Å². The first kappa shape index (κ1) is 34.8. The molecular weight excluding hydrogens is 585 g/mol. The van der Waals surface area contributed by atoms with Crippen LogP contribution in [0.5, 0.6) is 0 Å². The predicted molar refractivity (Wildman–Crippen MR) is 196 cm³/mol. The summed E-state index contributed by atoms with van der Waals surface area (Å²) in [4.78, 5) is 0. The third kappa shape index (κ3) is 7.85. The van der Waals surface area contributed by atoms with Gasteiger partial charge in [0.15, 0.2) is 0 Å². The molecule has 1 aliphatic heterocycles. The van der Waals surface area contributed by atoms with Gasteiger partial charge in [-0.15, -0.1) is 0 Å². The number of hydrogen-bond acceptors (Lipinski definition) is 3. The monoisotopic (exact) mass is 636 g/mol. The zero-order valence-corrected chi connectivity index (χ0v) is 30.6. The van der Waals surface area contributed by atoms with Crippen molar-refractivity contribution in [2.45, 2.75) is 71.1 Å². The van der Waals surface area contributed by atoms with Crippen LogP contribution in [-0.2, 0) is 13.6 Å². The maximum atomic E-state index is 6.81. The highest BCUT2D eigenvalue weighted by Gasteiger charge is 2.53. The molecule has 0 spiro atoms. The van der Waals surface area contributed by atoms with E-state index in [1.54, 1.807) is 0 Å². The topological polar surface area (TPSA) is 31.0 Å². The lowest BCUT2D eigenvalue weighted by atomic mass is 10.2. The number of epoxide rings is 1. The Balaban J connectivity index is 0.000000205. The number of ether oxygens (including phenoxy) is 1. The molecule has 5 rings (SSSR count). The zero-order valence-electron chi connectivity index (χ0n) is 28.6. The van der Waals surface area contributed by atoms with Gasteiger partial charge in [0.25, 0.3) is 16.6 Å². The summed E-state index contributed by atoms with van der Waals surface area (Å²) in [6, 6.07) is 42.9. The molecule has 238 valence electrons. The summed E-state index contributed by atoms with van der Waals surface area (Å²) in [6.45, 7) is 24.0. The van der Waals surface area contributed by atoms with Gasteiger partial charge in [0.2, 0.25) is 0 Å². The minimum Gasteiger partial charge on any atom is -0.404 e. The Morgan fingerprint density at radius 1 is 0.622 bits per heavy atom. The fraction of sp³-hybridized carbons (Fsp3) is 0.350. The predicted octanol–water partition coefficient (Wildman–Crippen LogP) is 7.49. The van der Waals surface area contributed by atoms with Gasteiger partial charge >= 0.3 is 0 Å². The molecule has 0 aromatic heterocycles. The van der Waals surface area contributed by atoms with Crippen LogP contribution in [0.15, 0.2) is 133 Å². The SMILES string of the molecule is C=C(C)CO[Si](c1ccccc1)(c1ccccc1)C(C)(C)C.CC1(CO[Si](c2ccccc2)(c2ccccc2)C(C)(C)C)CO1. The largest absolute Gasteiger partial charge is 0.404 e. The molecule has 0 amide bonds. The lowest BCUT2D eigenvalue weighted by Crippen LogP contribution is -2.67.